The lowest BCUT2D eigenvalue weighted by Crippen LogP contribution is -2.41. The highest BCUT2D eigenvalue weighted by molar-refractivity contribution is 5.97. The first kappa shape index (κ1) is 22.0. The number of halogens is 2. The first-order chi connectivity index (χ1) is 17.4. The Labute approximate surface area is 207 Å². The second kappa shape index (κ2) is 7.65. The Morgan fingerprint density at radius 3 is 2.58 bits per heavy atom. The molecule has 1 saturated heterocycles. The van der Waals surface area contributed by atoms with Gasteiger partial charge >= 0.3 is 0 Å². The molecule has 3 aliphatic rings. The Morgan fingerprint density at radius 2 is 1.86 bits per heavy atom. The van der Waals surface area contributed by atoms with Gasteiger partial charge in [0, 0.05) is 53.9 Å². The number of anilines is 1. The summed E-state index contributed by atoms with van der Waals surface area (Å²) in [6.07, 6.45) is 9.76. The Kier molecular flexibility index (Phi) is 4.68. The Balaban J connectivity index is 1.41. The zero-order valence-electron chi connectivity index (χ0n) is 20.5. The highest BCUT2D eigenvalue weighted by Gasteiger charge is 2.69. The van der Waals surface area contributed by atoms with Gasteiger partial charge in [0.15, 0.2) is 5.82 Å². The van der Waals surface area contributed by atoms with Crippen LogP contribution in [0.2, 0.25) is 0 Å². The van der Waals surface area contributed by atoms with Crippen molar-refractivity contribution in [3.05, 3.63) is 42.0 Å². The smallest absolute Gasteiger partial charge is 0.260 e. The van der Waals surface area contributed by atoms with Crippen molar-refractivity contribution in [3.8, 4) is 11.4 Å². The van der Waals surface area contributed by atoms with Gasteiger partial charge < -0.3 is 15.2 Å². The van der Waals surface area contributed by atoms with E-state index in [2.05, 4.69) is 32.2 Å². The molecule has 0 amide bonds. The van der Waals surface area contributed by atoms with Gasteiger partial charge in [0.2, 0.25) is 0 Å². The van der Waals surface area contributed by atoms with Crippen LogP contribution in [0.25, 0.3) is 33.3 Å². The highest BCUT2D eigenvalue weighted by Crippen LogP contribution is 2.61. The minimum absolute atomic E-state index is 0.157. The van der Waals surface area contributed by atoms with Crippen molar-refractivity contribution < 1.29 is 8.78 Å². The number of rotatable bonds is 5. The molecule has 1 aliphatic heterocycles. The number of nitrogens with one attached hydrogen (secondary N) is 2. The number of pyridine rings is 2. The summed E-state index contributed by atoms with van der Waals surface area (Å²) < 4.78 is 28.3. The number of piperidine rings is 1. The normalized spacial score (nSPS) is 23.9. The average molecular weight is 490 g/mol. The molecule has 2 saturated carbocycles. The quantitative estimate of drug-likeness (QED) is 0.414. The molecule has 2 aliphatic carbocycles. The summed E-state index contributed by atoms with van der Waals surface area (Å²) >= 11 is 0. The number of aromatic nitrogens is 5. The summed E-state index contributed by atoms with van der Waals surface area (Å²) in [5, 5.41) is 5.29. The molecule has 2 N–H and O–H groups in total. The molecule has 9 heteroatoms. The van der Waals surface area contributed by atoms with E-state index in [9.17, 15) is 8.78 Å². The van der Waals surface area contributed by atoms with Crippen molar-refractivity contribution in [3.63, 3.8) is 0 Å². The van der Waals surface area contributed by atoms with Crippen LogP contribution in [0, 0.1) is 0 Å². The van der Waals surface area contributed by atoms with Crippen LogP contribution in [-0.2, 0) is 5.41 Å². The molecule has 0 aromatic carbocycles. The number of nitrogens with zero attached hydrogens (tertiary/aromatic N) is 5. The van der Waals surface area contributed by atoms with Gasteiger partial charge in [-0.1, -0.05) is 0 Å². The predicted octanol–water partition coefficient (Wildman–Crippen LogP) is 4.93. The lowest BCUT2D eigenvalue weighted by atomic mass is 10.0. The van der Waals surface area contributed by atoms with E-state index in [1.54, 1.807) is 19.2 Å². The van der Waals surface area contributed by atoms with E-state index < -0.39 is 11.3 Å². The van der Waals surface area contributed by atoms with Crippen LogP contribution < -0.4 is 10.2 Å². The van der Waals surface area contributed by atoms with Crippen LogP contribution in [0.1, 0.15) is 56.2 Å². The third-order valence-electron chi connectivity index (χ3n) is 8.45. The molecule has 4 aromatic heterocycles. The van der Waals surface area contributed by atoms with E-state index >= 15 is 0 Å². The topological polar surface area (TPSA) is 82.6 Å². The SMILES string of the molecule is CN(c1nc(-c2ccnc3[nH]c(C4(C)CC4(F)F)cc23)nc2cncc(C3CC3)c12)C1CCNCC1. The van der Waals surface area contributed by atoms with Crippen LogP contribution in [-0.4, -0.2) is 57.0 Å². The molecule has 36 heavy (non-hydrogen) atoms. The monoisotopic (exact) mass is 489 g/mol. The van der Waals surface area contributed by atoms with Gasteiger partial charge in [0.1, 0.15) is 11.5 Å². The second-order valence-electron chi connectivity index (χ2n) is 10.9. The van der Waals surface area contributed by atoms with E-state index in [0.29, 0.717) is 29.1 Å². The maximum atomic E-state index is 14.1. The first-order valence-corrected chi connectivity index (χ1v) is 12.8. The Bertz CT molecular complexity index is 1490. The van der Waals surface area contributed by atoms with Gasteiger partial charge in [-0.2, -0.15) is 0 Å². The summed E-state index contributed by atoms with van der Waals surface area (Å²) in [5.74, 6) is -0.703. The third-order valence-corrected chi connectivity index (χ3v) is 8.45. The molecule has 7 nitrogen and oxygen atoms in total. The largest absolute Gasteiger partial charge is 0.356 e. The van der Waals surface area contributed by atoms with Crippen LogP contribution in [0.5, 0.6) is 0 Å². The van der Waals surface area contributed by atoms with Crippen molar-refractivity contribution in [1.29, 1.82) is 0 Å². The molecule has 1 unspecified atom stereocenters. The molecule has 5 heterocycles. The van der Waals surface area contributed by atoms with Crippen molar-refractivity contribution in [2.45, 2.75) is 62.3 Å². The molecular weight excluding hydrogens is 460 g/mol. The van der Waals surface area contributed by atoms with E-state index in [4.69, 9.17) is 9.97 Å². The summed E-state index contributed by atoms with van der Waals surface area (Å²) in [6, 6.07) is 4.06. The number of H-pyrrole nitrogens is 1. The van der Waals surface area contributed by atoms with Gasteiger partial charge in [-0.05, 0) is 69.3 Å². The fourth-order valence-electron chi connectivity index (χ4n) is 5.75. The van der Waals surface area contributed by atoms with Crippen molar-refractivity contribution in [2.24, 2.45) is 0 Å². The predicted molar refractivity (Wildman–Crippen MR) is 136 cm³/mol. The van der Waals surface area contributed by atoms with Crippen molar-refractivity contribution in [1.82, 2.24) is 30.2 Å². The van der Waals surface area contributed by atoms with Crippen molar-refractivity contribution in [2.75, 3.05) is 25.0 Å². The van der Waals surface area contributed by atoms with Crippen LogP contribution in [0.3, 0.4) is 0 Å². The van der Waals surface area contributed by atoms with Gasteiger partial charge in [0.05, 0.1) is 17.1 Å². The standard InChI is InChI=1S/C27H29F2N7/c1-26(14-27(26,28)29)21-11-18-17(7-10-32-23(18)34-21)24-33-20-13-31-12-19(15-3-4-15)22(20)25(35-24)36(2)16-5-8-30-9-6-16/h7,10-13,15-16,30H,3-6,8-9,14H2,1-2H3,(H,32,34). The Morgan fingerprint density at radius 1 is 1.08 bits per heavy atom. The summed E-state index contributed by atoms with van der Waals surface area (Å²) in [7, 11) is 2.13. The van der Waals surface area contributed by atoms with Gasteiger partial charge in [-0.25, -0.2) is 23.7 Å². The number of hydrogen-bond donors (Lipinski definition) is 2. The minimum Gasteiger partial charge on any atom is -0.356 e. The number of aromatic amines is 1. The van der Waals surface area contributed by atoms with E-state index in [-0.39, 0.29) is 6.42 Å². The van der Waals surface area contributed by atoms with Crippen LogP contribution in [0.4, 0.5) is 14.6 Å². The fraction of sp³-hybridized carbons (Fsp3) is 0.481. The number of hydrogen-bond acceptors (Lipinski definition) is 6. The summed E-state index contributed by atoms with van der Waals surface area (Å²) in [4.78, 5) is 24.5. The zero-order chi connectivity index (χ0) is 24.7. The lowest BCUT2D eigenvalue weighted by molar-refractivity contribution is 0.0912. The molecule has 7 rings (SSSR count). The average Bonchev–Trinajstić information content (AvgIpc) is 3.76. The number of alkyl halides is 2. The van der Waals surface area contributed by atoms with E-state index in [1.165, 1.54) is 18.4 Å². The maximum Gasteiger partial charge on any atom is 0.260 e. The molecule has 186 valence electrons. The molecule has 1 atom stereocenters. The number of fused-ring (bicyclic) bond motifs is 2. The lowest BCUT2D eigenvalue weighted by Gasteiger charge is -2.33. The van der Waals surface area contributed by atoms with Crippen molar-refractivity contribution >= 4 is 27.8 Å². The fourth-order valence-corrected chi connectivity index (χ4v) is 5.75. The second-order valence-corrected chi connectivity index (χ2v) is 10.9. The van der Waals surface area contributed by atoms with E-state index in [0.717, 1.165) is 53.6 Å². The van der Waals surface area contributed by atoms with Gasteiger partial charge in [-0.3, -0.25) is 4.98 Å². The van der Waals surface area contributed by atoms with E-state index in [1.807, 2.05) is 18.5 Å². The molecule has 0 bridgehead atoms. The summed E-state index contributed by atoms with van der Waals surface area (Å²) in [5.41, 5.74) is 2.73. The molecule has 0 radical (unpaired) electrons. The van der Waals surface area contributed by atoms with Crippen LogP contribution >= 0.6 is 0 Å². The molecule has 3 fully saturated rings. The summed E-state index contributed by atoms with van der Waals surface area (Å²) in [6.45, 7) is 3.58. The van der Waals surface area contributed by atoms with Gasteiger partial charge in [0.25, 0.3) is 5.92 Å². The molecule has 0 spiro atoms. The first-order valence-electron chi connectivity index (χ1n) is 12.8. The third kappa shape index (κ3) is 3.32. The highest BCUT2D eigenvalue weighted by atomic mass is 19.3. The minimum atomic E-state index is -2.71. The Hall–Kier alpha value is -3.20. The van der Waals surface area contributed by atoms with Crippen LogP contribution in [0.15, 0.2) is 30.7 Å². The van der Waals surface area contributed by atoms with Gasteiger partial charge in [-0.15, -0.1) is 0 Å². The zero-order valence-corrected chi connectivity index (χ0v) is 20.5. The molecule has 4 aromatic rings. The molecular formula is C27H29F2N7. The maximum absolute atomic E-state index is 14.1.